The summed E-state index contributed by atoms with van der Waals surface area (Å²) in [6, 6.07) is 12.6. The van der Waals surface area contributed by atoms with Crippen LogP contribution in [0.3, 0.4) is 0 Å². The second-order valence-electron chi connectivity index (χ2n) is 6.24. The summed E-state index contributed by atoms with van der Waals surface area (Å²) in [5.74, 6) is 1.37. The molecule has 1 fully saturated rings. The van der Waals surface area contributed by atoms with Gasteiger partial charge in [-0.3, -0.25) is 0 Å². The minimum atomic E-state index is -0.409. The van der Waals surface area contributed by atoms with Gasteiger partial charge in [0.1, 0.15) is 5.82 Å². The average molecular weight is 352 g/mol. The molecular formula is C19H17FN4O2. The van der Waals surface area contributed by atoms with Gasteiger partial charge in [-0.15, -0.1) is 0 Å². The van der Waals surface area contributed by atoms with Gasteiger partial charge in [0.2, 0.25) is 5.89 Å². The molecule has 1 aliphatic carbocycles. The monoisotopic (exact) mass is 352 g/mol. The van der Waals surface area contributed by atoms with Crippen molar-refractivity contribution in [1.82, 2.24) is 10.1 Å². The second-order valence-corrected chi connectivity index (χ2v) is 6.24. The summed E-state index contributed by atoms with van der Waals surface area (Å²) >= 11 is 0. The maximum Gasteiger partial charge on any atom is 0.323 e. The third-order valence-electron chi connectivity index (χ3n) is 4.14. The fourth-order valence-corrected chi connectivity index (χ4v) is 2.62. The molecule has 3 aromatic rings. The van der Waals surface area contributed by atoms with Crippen LogP contribution in [0.5, 0.6) is 0 Å². The number of halogens is 1. The Balaban J connectivity index is 1.44. The lowest BCUT2D eigenvalue weighted by Gasteiger charge is -2.11. The van der Waals surface area contributed by atoms with Gasteiger partial charge in [0, 0.05) is 17.3 Å². The molecule has 0 atom stereocenters. The van der Waals surface area contributed by atoms with Crippen LogP contribution >= 0.6 is 0 Å². The topological polar surface area (TPSA) is 80.0 Å². The number of carbonyl (C=O) groups excluding carboxylic acids is 1. The predicted octanol–water partition coefficient (Wildman–Crippen LogP) is 4.32. The quantitative estimate of drug-likeness (QED) is 0.716. The number of carbonyl (C=O) groups is 1. The maximum atomic E-state index is 12.9. The summed E-state index contributed by atoms with van der Waals surface area (Å²) in [5.41, 5.74) is 2.03. The van der Waals surface area contributed by atoms with Crippen LogP contribution in [0.25, 0.3) is 0 Å². The Hall–Kier alpha value is -3.22. The zero-order chi connectivity index (χ0) is 17.9. The number of para-hydroxylation sites is 1. The molecule has 2 N–H and O–H groups in total. The lowest BCUT2D eigenvalue weighted by atomic mass is 10.1. The lowest BCUT2D eigenvalue weighted by Crippen LogP contribution is -2.20. The van der Waals surface area contributed by atoms with Crippen molar-refractivity contribution >= 4 is 17.4 Å². The van der Waals surface area contributed by atoms with Gasteiger partial charge in [0.05, 0.1) is 6.42 Å². The van der Waals surface area contributed by atoms with Gasteiger partial charge in [0.25, 0.3) is 0 Å². The Morgan fingerprint density at radius 2 is 1.88 bits per heavy atom. The first kappa shape index (κ1) is 16.3. The highest BCUT2D eigenvalue weighted by Gasteiger charge is 2.28. The fourth-order valence-electron chi connectivity index (χ4n) is 2.62. The van der Waals surface area contributed by atoms with Gasteiger partial charge in [0.15, 0.2) is 5.82 Å². The standard InChI is InChI=1S/C19H17FN4O2/c20-14-7-9-15(10-8-14)21-19(25)22-16-4-2-1-3-13(16)11-17-23-18(24-26-17)12-5-6-12/h1-4,7-10,12H,5-6,11H2,(H2,21,22,25). The van der Waals surface area contributed by atoms with Crippen molar-refractivity contribution in [2.24, 2.45) is 0 Å². The summed E-state index contributed by atoms with van der Waals surface area (Å²) in [6.07, 6.45) is 2.66. The van der Waals surface area contributed by atoms with Gasteiger partial charge in [-0.25, -0.2) is 9.18 Å². The highest BCUT2D eigenvalue weighted by Crippen LogP contribution is 2.38. The number of hydrogen-bond donors (Lipinski definition) is 2. The summed E-state index contributed by atoms with van der Waals surface area (Å²) in [7, 11) is 0. The van der Waals surface area contributed by atoms with Crippen molar-refractivity contribution in [2.45, 2.75) is 25.2 Å². The number of nitrogens with zero attached hydrogens (tertiary/aromatic N) is 2. The Labute approximate surface area is 149 Å². The third kappa shape index (κ3) is 3.88. The molecule has 2 amide bonds. The molecule has 0 saturated heterocycles. The molecule has 132 valence electrons. The van der Waals surface area contributed by atoms with Gasteiger partial charge in [-0.05, 0) is 48.7 Å². The molecule has 1 aromatic heterocycles. The van der Waals surface area contributed by atoms with Crippen LogP contribution in [-0.2, 0) is 6.42 Å². The summed E-state index contributed by atoms with van der Waals surface area (Å²) < 4.78 is 18.2. The predicted molar refractivity (Wildman–Crippen MR) is 94.6 cm³/mol. The first-order chi connectivity index (χ1) is 12.7. The molecule has 1 heterocycles. The molecule has 0 radical (unpaired) electrons. The Morgan fingerprint density at radius 3 is 2.65 bits per heavy atom. The van der Waals surface area contributed by atoms with Crippen molar-refractivity contribution in [3.05, 3.63) is 71.6 Å². The molecular weight excluding hydrogens is 335 g/mol. The van der Waals surface area contributed by atoms with Gasteiger partial charge in [-0.1, -0.05) is 23.4 Å². The van der Waals surface area contributed by atoms with Crippen LogP contribution in [0.2, 0.25) is 0 Å². The van der Waals surface area contributed by atoms with Crippen molar-refractivity contribution in [1.29, 1.82) is 0 Å². The van der Waals surface area contributed by atoms with E-state index >= 15 is 0 Å². The highest BCUT2D eigenvalue weighted by atomic mass is 19.1. The fraction of sp³-hybridized carbons (Fsp3) is 0.211. The van der Waals surface area contributed by atoms with E-state index in [-0.39, 0.29) is 5.82 Å². The zero-order valence-electron chi connectivity index (χ0n) is 13.9. The van der Waals surface area contributed by atoms with E-state index in [1.54, 1.807) is 6.07 Å². The number of benzene rings is 2. The number of amides is 2. The van der Waals surface area contributed by atoms with E-state index in [0.717, 1.165) is 24.2 Å². The Morgan fingerprint density at radius 1 is 1.12 bits per heavy atom. The van der Waals surface area contributed by atoms with Crippen molar-refractivity contribution in [2.75, 3.05) is 10.6 Å². The van der Waals surface area contributed by atoms with E-state index in [2.05, 4.69) is 20.8 Å². The van der Waals surface area contributed by atoms with E-state index in [4.69, 9.17) is 4.52 Å². The molecule has 6 nitrogen and oxygen atoms in total. The van der Waals surface area contributed by atoms with Crippen LogP contribution in [0.1, 0.15) is 36.0 Å². The van der Waals surface area contributed by atoms with Crippen molar-refractivity contribution in [3.8, 4) is 0 Å². The number of nitrogens with one attached hydrogen (secondary N) is 2. The number of anilines is 2. The van der Waals surface area contributed by atoms with Gasteiger partial charge < -0.3 is 15.2 Å². The van der Waals surface area contributed by atoms with Crippen molar-refractivity contribution < 1.29 is 13.7 Å². The van der Waals surface area contributed by atoms with E-state index in [1.165, 1.54) is 24.3 Å². The molecule has 7 heteroatoms. The molecule has 1 saturated carbocycles. The Kier molecular flexibility index (Phi) is 4.35. The SMILES string of the molecule is O=C(Nc1ccc(F)cc1)Nc1ccccc1Cc1nc(C2CC2)no1. The number of aromatic nitrogens is 2. The molecule has 26 heavy (non-hydrogen) atoms. The smallest absolute Gasteiger partial charge is 0.323 e. The normalized spacial score (nSPS) is 13.4. The van der Waals surface area contributed by atoms with Crippen LogP contribution in [0.15, 0.2) is 53.1 Å². The first-order valence-corrected chi connectivity index (χ1v) is 8.41. The van der Waals surface area contributed by atoms with Crippen LogP contribution in [-0.4, -0.2) is 16.2 Å². The van der Waals surface area contributed by atoms with E-state index in [9.17, 15) is 9.18 Å². The Bertz CT molecular complexity index is 919. The second kappa shape index (κ2) is 6.95. The van der Waals surface area contributed by atoms with Gasteiger partial charge >= 0.3 is 6.03 Å². The zero-order valence-corrected chi connectivity index (χ0v) is 13.9. The largest absolute Gasteiger partial charge is 0.339 e. The van der Waals surface area contributed by atoms with Crippen molar-refractivity contribution in [3.63, 3.8) is 0 Å². The summed E-state index contributed by atoms with van der Waals surface area (Å²) in [5, 5.41) is 9.48. The van der Waals surface area contributed by atoms with E-state index < -0.39 is 6.03 Å². The van der Waals surface area contributed by atoms with E-state index in [0.29, 0.717) is 29.6 Å². The molecule has 0 bridgehead atoms. The molecule has 0 unspecified atom stereocenters. The lowest BCUT2D eigenvalue weighted by molar-refractivity contribution is 0.262. The van der Waals surface area contributed by atoms with Gasteiger partial charge in [-0.2, -0.15) is 4.98 Å². The average Bonchev–Trinajstić information content (AvgIpc) is 3.38. The molecule has 0 aliphatic heterocycles. The summed E-state index contributed by atoms with van der Waals surface area (Å²) in [6.45, 7) is 0. The number of hydrogen-bond acceptors (Lipinski definition) is 4. The van der Waals surface area contributed by atoms with Crippen LogP contribution in [0.4, 0.5) is 20.6 Å². The number of rotatable bonds is 5. The minimum absolute atomic E-state index is 0.355. The van der Waals surface area contributed by atoms with Crippen LogP contribution < -0.4 is 10.6 Å². The third-order valence-corrected chi connectivity index (χ3v) is 4.14. The highest BCUT2D eigenvalue weighted by molar-refractivity contribution is 6.00. The maximum absolute atomic E-state index is 12.9. The van der Waals surface area contributed by atoms with E-state index in [1.807, 2.05) is 18.2 Å². The molecule has 4 rings (SSSR count). The number of urea groups is 1. The van der Waals surface area contributed by atoms with Crippen LogP contribution in [0, 0.1) is 5.82 Å². The molecule has 0 spiro atoms. The summed E-state index contributed by atoms with van der Waals surface area (Å²) in [4.78, 5) is 16.6. The minimum Gasteiger partial charge on any atom is -0.339 e. The molecule has 2 aromatic carbocycles. The molecule has 1 aliphatic rings. The first-order valence-electron chi connectivity index (χ1n) is 8.41.